The highest BCUT2D eigenvalue weighted by molar-refractivity contribution is 5.85. The number of nitrogens with one attached hydrogen (secondary N) is 2. The molecule has 1 aromatic carbocycles. The minimum Gasteiger partial charge on any atom is -0.346 e. The van der Waals surface area contributed by atoms with E-state index in [1.807, 2.05) is 44.2 Å². The molecule has 6 nitrogen and oxygen atoms in total. The number of hydrogen-bond donors (Lipinski definition) is 2. The van der Waals surface area contributed by atoms with Gasteiger partial charge in [-0.25, -0.2) is 0 Å². The van der Waals surface area contributed by atoms with Gasteiger partial charge in [0.25, 0.3) is 0 Å². The van der Waals surface area contributed by atoms with Crippen LogP contribution in [-0.4, -0.2) is 29.1 Å². The summed E-state index contributed by atoms with van der Waals surface area (Å²) in [5.41, 5.74) is 0.758. The first-order valence-corrected chi connectivity index (χ1v) is 7.95. The van der Waals surface area contributed by atoms with Crippen LogP contribution in [0.1, 0.15) is 43.6 Å². The van der Waals surface area contributed by atoms with E-state index < -0.39 is 0 Å². The summed E-state index contributed by atoms with van der Waals surface area (Å²) in [4.78, 5) is 16.8. The van der Waals surface area contributed by atoms with E-state index in [0.29, 0.717) is 24.7 Å². The molecule has 0 saturated carbocycles. The summed E-state index contributed by atoms with van der Waals surface area (Å²) in [6, 6.07) is 9.69. The van der Waals surface area contributed by atoms with E-state index in [4.69, 9.17) is 4.52 Å². The zero-order valence-electron chi connectivity index (χ0n) is 13.9. The molecule has 3 rings (SSSR count). The standard InChI is InChI=1S/C17H22N4O2.ClH/c1-12(19-16(22)17(2)8-9-18-11-17)15-20-14(23-21-15)10-13-6-4-3-5-7-13;/h3-7,12,18H,8-11H2,1-2H3,(H,19,22);1H. The summed E-state index contributed by atoms with van der Waals surface area (Å²) in [6.07, 6.45) is 1.44. The molecule has 0 spiro atoms. The van der Waals surface area contributed by atoms with E-state index in [2.05, 4.69) is 20.8 Å². The normalized spacial score (nSPS) is 21.1. The summed E-state index contributed by atoms with van der Waals surface area (Å²) < 4.78 is 5.30. The fourth-order valence-corrected chi connectivity index (χ4v) is 2.73. The molecule has 1 fully saturated rings. The number of benzene rings is 1. The molecule has 2 aromatic rings. The molecule has 130 valence electrons. The molecule has 2 heterocycles. The Hall–Kier alpha value is -1.92. The lowest BCUT2D eigenvalue weighted by Gasteiger charge is -2.23. The number of hydrogen-bond acceptors (Lipinski definition) is 5. The molecule has 1 saturated heterocycles. The van der Waals surface area contributed by atoms with Crippen LogP contribution in [0, 0.1) is 5.41 Å². The number of amides is 1. The van der Waals surface area contributed by atoms with Gasteiger partial charge in [0, 0.05) is 6.54 Å². The van der Waals surface area contributed by atoms with Crippen molar-refractivity contribution in [1.29, 1.82) is 0 Å². The van der Waals surface area contributed by atoms with Crippen LogP contribution in [0.5, 0.6) is 0 Å². The summed E-state index contributed by atoms with van der Waals surface area (Å²) in [7, 11) is 0. The second-order valence-corrected chi connectivity index (χ2v) is 6.39. The highest BCUT2D eigenvalue weighted by Gasteiger charge is 2.37. The Morgan fingerprint density at radius 3 is 2.83 bits per heavy atom. The Kier molecular flexibility index (Phi) is 5.96. The van der Waals surface area contributed by atoms with Crippen molar-refractivity contribution in [2.75, 3.05) is 13.1 Å². The minimum absolute atomic E-state index is 0. The molecule has 0 aliphatic carbocycles. The fourth-order valence-electron chi connectivity index (χ4n) is 2.73. The average Bonchev–Trinajstić information content (AvgIpc) is 3.18. The minimum atomic E-state index is -0.356. The first kappa shape index (κ1) is 18.4. The molecular weight excluding hydrogens is 328 g/mol. The molecule has 1 aromatic heterocycles. The van der Waals surface area contributed by atoms with Crippen molar-refractivity contribution in [3.8, 4) is 0 Å². The number of rotatable bonds is 5. The van der Waals surface area contributed by atoms with Crippen LogP contribution in [0.3, 0.4) is 0 Å². The zero-order chi connectivity index (χ0) is 16.3. The first-order valence-electron chi connectivity index (χ1n) is 7.95. The van der Waals surface area contributed by atoms with Crippen LogP contribution in [0.15, 0.2) is 34.9 Å². The van der Waals surface area contributed by atoms with E-state index >= 15 is 0 Å². The second kappa shape index (κ2) is 7.77. The Morgan fingerprint density at radius 1 is 1.42 bits per heavy atom. The Bertz CT molecular complexity index is 668. The van der Waals surface area contributed by atoms with Crippen LogP contribution < -0.4 is 10.6 Å². The molecular formula is C17H23ClN4O2. The van der Waals surface area contributed by atoms with Gasteiger partial charge < -0.3 is 15.2 Å². The van der Waals surface area contributed by atoms with Gasteiger partial charge in [-0.1, -0.05) is 35.5 Å². The Balaban J connectivity index is 0.00000208. The van der Waals surface area contributed by atoms with Crippen LogP contribution in [0.4, 0.5) is 0 Å². The van der Waals surface area contributed by atoms with Gasteiger partial charge in [0.1, 0.15) is 0 Å². The smallest absolute Gasteiger partial charge is 0.231 e. The maximum absolute atomic E-state index is 12.4. The van der Waals surface area contributed by atoms with Gasteiger partial charge in [-0.3, -0.25) is 4.79 Å². The predicted molar refractivity (Wildman–Crippen MR) is 92.9 cm³/mol. The lowest BCUT2D eigenvalue weighted by atomic mass is 9.88. The topological polar surface area (TPSA) is 80.0 Å². The Labute approximate surface area is 147 Å². The van der Waals surface area contributed by atoms with Crippen LogP contribution in [0.2, 0.25) is 0 Å². The van der Waals surface area contributed by atoms with Crippen molar-refractivity contribution < 1.29 is 9.32 Å². The van der Waals surface area contributed by atoms with E-state index in [0.717, 1.165) is 18.5 Å². The molecule has 1 amide bonds. The number of aromatic nitrogens is 2. The quantitative estimate of drug-likeness (QED) is 0.864. The van der Waals surface area contributed by atoms with Crippen molar-refractivity contribution in [3.63, 3.8) is 0 Å². The van der Waals surface area contributed by atoms with Crippen molar-refractivity contribution in [2.45, 2.75) is 32.7 Å². The zero-order valence-corrected chi connectivity index (χ0v) is 14.7. The molecule has 1 aliphatic heterocycles. The highest BCUT2D eigenvalue weighted by Crippen LogP contribution is 2.25. The molecule has 0 bridgehead atoms. The summed E-state index contributed by atoms with van der Waals surface area (Å²) in [5, 5.41) is 10.2. The third-order valence-corrected chi connectivity index (χ3v) is 4.33. The molecule has 2 atom stereocenters. The van der Waals surface area contributed by atoms with Crippen molar-refractivity contribution in [2.24, 2.45) is 5.41 Å². The van der Waals surface area contributed by atoms with E-state index in [9.17, 15) is 4.79 Å². The van der Waals surface area contributed by atoms with Gasteiger partial charge >= 0.3 is 0 Å². The number of carbonyl (C=O) groups is 1. The monoisotopic (exact) mass is 350 g/mol. The number of nitrogens with zero attached hydrogens (tertiary/aromatic N) is 2. The third kappa shape index (κ3) is 4.13. The van der Waals surface area contributed by atoms with E-state index in [-0.39, 0.29) is 29.8 Å². The van der Waals surface area contributed by atoms with Crippen LogP contribution >= 0.6 is 12.4 Å². The lowest BCUT2D eigenvalue weighted by molar-refractivity contribution is -0.130. The summed E-state index contributed by atoms with van der Waals surface area (Å²) in [5.74, 6) is 1.10. The van der Waals surface area contributed by atoms with E-state index in [1.54, 1.807) is 0 Å². The third-order valence-electron chi connectivity index (χ3n) is 4.33. The van der Waals surface area contributed by atoms with Crippen molar-refractivity contribution in [1.82, 2.24) is 20.8 Å². The maximum Gasteiger partial charge on any atom is 0.231 e. The summed E-state index contributed by atoms with van der Waals surface area (Å²) >= 11 is 0. The number of carbonyl (C=O) groups excluding carboxylic acids is 1. The van der Waals surface area contributed by atoms with Crippen molar-refractivity contribution in [3.05, 3.63) is 47.6 Å². The van der Waals surface area contributed by atoms with Gasteiger partial charge in [0.2, 0.25) is 11.8 Å². The summed E-state index contributed by atoms with van der Waals surface area (Å²) in [6.45, 7) is 5.44. The molecule has 0 radical (unpaired) electrons. The van der Waals surface area contributed by atoms with Gasteiger partial charge in [-0.05, 0) is 32.4 Å². The lowest BCUT2D eigenvalue weighted by Crippen LogP contribution is -2.41. The van der Waals surface area contributed by atoms with Gasteiger partial charge in [-0.2, -0.15) is 4.98 Å². The largest absolute Gasteiger partial charge is 0.346 e. The van der Waals surface area contributed by atoms with Crippen LogP contribution in [0.25, 0.3) is 0 Å². The second-order valence-electron chi connectivity index (χ2n) is 6.39. The average molecular weight is 351 g/mol. The highest BCUT2D eigenvalue weighted by atomic mass is 35.5. The van der Waals surface area contributed by atoms with Gasteiger partial charge in [-0.15, -0.1) is 12.4 Å². The first-order chi connectivity index (χ1) is 11.1. The van der Waals surface area contributed by atoms with Gasteiger partial charge in [0.15, 0.2) is 5.82 Å². The SMILES string of the molecule is CC(NC(=O)C1(C)CCNC1)c1noc(Cc2ccccc2)n1.Cl. The fraction of sp³-hybridized carbons (Fsp3) is 0.471. The number of halogens is 1. The van der Waals surface area contributed by atoms with Gasteiger partial charge in [0.05, 0.1) is 17.9 Å². The molecule has 2 unspecified atom stereocenters. The molecule has 24 heavy (non-hydrogen) atoms. The Morgan fingerprint density at radius 2 is 2.17 bits per heavy atom. The maximum atomic E-state index is 12.4. The molecule has 7 heteroatoms. The van der Waals surface area contributed by atoms with Crippen molar-refractivity contribution >= 4 is 18.3 Å². The van der Waals surface area contributed by atoms with E-state index in [1.165, 1.54) is 0 Å². The van der Waals surface area contributed by atoms with Crippen LogP contribution in [-0.2, 0) is 11.2 Å². The predicted octanol–water partition coefficient (Wildman–Crippen LogP) is 2.26. The molecule has 1 aliphatic rings. The molecule has 2 N–H and O–H groups in total.